The molecule has 2 N–H and O–H groups in total. The van der Waals surface area contributed by atoms with Crippen LogP contribution in [0, 0.1) is 12.7 Å². The highest BCUT2D eigenvalue weighted by atomic mass is 79.9. The van der Waals surface area contributed by atoms with Crippen LogP contribution in [-0.4, -0.2) is 9.97 Å². The van der Waals surface area contributed by atoms with Crippen molar-refractivity contribution >= 4 is 21.7 Å². The highest BCUT2D eigenvalue weighted by molar-refractivity contribution is 9.10. The van der Waals surface area contributed by atoms with Crippen LogP contribution >= 0.6 is 15.9 Å². The van der Waals surface area contributed by atoms with Crippen molar-refractivity contribution in [3.8, 4) is 11.4 Å². The molecule has 0 bridgehead atoms. The predicted molar refractivity (Wildman–Crippen MR) is 73.7 cm³/mol. The van der Waals surface area contributed by atoms with E-state index < -0.39 is 0 Å². The maximum Gasteiger partial charge on any atom is 0.161 e. The van der Waals surface area contributed by atoms with Crippen LogP contribution in [0.5, 0.6) is 0 Å². The average molecular weight is 310 g/mol. The molecular weight excluding hydrogens is 297 g/mol. The molecule has 0 aliphatic rings. The van der Waals surface area contributed by atoms with Crippen molar-refractivity contribution in [2.24, 2.45) is 0 Å². The first-order valence-corrected chi connectivity index (χ1v) is 6.40. The summed E-state index contributed by atoms with van der Waals surface area (Å²) in [6, 6.07) is 4.67. The number of anilines is 1. The smallest absolute Gasteiger partial charge is 0.161 e. The lowest BCUT2D eigenvalue weighted by atomic mass is 10.1. The topological polar surface area (TPSA) is 51.8 Å². The second kappa shape index (κ2) is 5.02. The van der Waals surface area contributed by atoms with E-state index >= 15 is 0 Å². The largest absolute Gasteiger partial charge is 0.383 e. The molecule has 0 spiro atoms. The lowest BCUT2D eigenvalue weighted by Crippen LogP contribution is -2.04. The summed E-state index contributed by atoms with van der Waals surface area (Å²) in [6.45, 7) is 3.91. The van der Waals surface area contributed by atoms with Gasteiger partial charge in [-0.3, -0.25) is 0 Å². The van der Waals surface area contributed by atoms with Crippen molar-refractivity contribution in [1.29, 1.82) is 0 Å². The first-order valence-electron chi connectivity index (χ1n) is 5.61. The highest BCUT2D eigenvalue weighted by Gasteiger charge is 2.10. The van der Waals surface area contributed by atoms with Crippen LogP contribution in [0.15, 0.2) is 22.7 Å². The summed E-state index contributed by atoms with van der Waals surface area (Å²) in [5.74, 6) is 0.683. The number of aryl methyl sites for hydroxylation is 1. The van der Waals surface area contributed by atoms with Gasteiger partial charge in [0.25, 0.3) is 0 Å². The molecule has 0 saturated heterocycles. The average Bonchev–Trinajstić information content (AvgIpc) is 2.36. The first-order chi connectivity index (χ1) is 8.52. The minimum atomic E-state index is -0.311. The third kappa shape index (κ3) is 2.36. The fourth-order valence-electron chi connectivity index (χ4n) is 1.69. The molecule has 0 saturated carbocycles. The summed E-state index contributed by atoms with van der Waals surface area (Å²) >= 11 is 3.15. The highest BCUT2D eigenvalue weighted by Crippen LogP contribution is 2.25. The van der Waals surface area contributed by atoms with E-state index in [9.17, 15) is 4.39 Å². The van der Waals surface area contributed by atoms with Gasteiger partial charge in [0.2, 0.25) is 0 Å². The molecule has 5 heteroatoms. The maximum atomic E-state index is 13.2. The lowest BCUT2D eigenvalue weighted by molar-refractivity contribution is 0.621. The van der Waals surface area contributed by atoms with Crippen molar-refractivity contribution in [2.75, 3.05) is 5.73 Å². The molecule has 3 nitrogen and oxygen atoms in total. The van der Waals surface area contributed by atoms with Crippen molar-refractivity contribution in [3.63, 3.8) is 0 Å². The Morgan fingerprint density at radius 1 is 1.33 bits per heavy atom. The van der Waals surface area contributed by atoms with Crippen molar-refractivity contribution < 1.29 is 4.39 Å². The Bertz CT molecular complexity index is 599. The van der Waals surface area contributed by atoms with E-state index in [2.05, 4.69) is 25.9 Å². The lowest BCUT2D eigenvalue weighted by Gasteiger charge is -2.09. The van der Waals surface area contributed by atoms with Crippen LogP contribution in [0.3, 0.4) is 0 Å². The number of hydrogen-bond acceptors (Lipinski definition) is 3. The monoisotopic (exact) mass is 309 g/mol. The number of rotatable bonds is 2. The van der Waals surface area contributed by atoms with Gasteiger partial charge in [0, 0.05) is 16.8 Å². The molecule has 0 aliphatic carbocycles. The first kappa shape index (κ1) is 13.0. The molecule has 1 heterocycles. The van der Waals surface area contributed by atoms with Crippen LogP contribution in [0.4, 0.5) is 10.2 Å². The molecule has 0 fully saturated rings. The molecule has 0 radical (unpaired) electrons. The van der Waals surface area contributed by atoms with Gasteiger partial charge in [-0.15, -0.1) is 0 Å². The fourth-order valence-corrected chi connectivity index (χ4v) is 2.07. The summed E-state index contributed by atoms with van der Waals surface area (Å²) in [7, 11) is 0. The van der Waals surface area contributed by atoms with Gasteiger partial charge in [0.15, 0.2) is 5.82 Å². The minimum Gasteiger partial charge on any atom is -0.383 e. The summed E-state index contributed by atoms with van der Waals surface area (Å²) in [6.07, 6.45) is 0.786. The van der Waals surface area contributed by atoms with E-state index in [-0.39, 0.29) is 5.82 Å². The summed E-state index contributed by atoms with van der Waals surface area (Å²) < 4.78 is 13.6. The predicted octanol–water partition coefficient (Wildman–Crippen LogP) is 3.50. The SMILES string of the molecule is CCc1nc(-c2ccc(F)c(Br)c2)nc(N)c1C. The molecule has 94 valence electrons. The van der Waals surface area contributed by atoms with Gasteiger partial charge >= 0.3 is 0 Å². The number of benzene rings is 1. The minimum absolute atomic E-state index is 0.311. The number of nitrogens with two attached hydrogens (primary N) is 1. The van der Waals surface area contributed by atoms with Crippen LogP contribution in [0.2, 0.25) is 0 Å². The number of nitrogen functional groups attached to an aromatic ring is 1. The van der Waals surface area contributed by atoms with E-state index in [1.807, 2.05) is 13.8 Å². The quantitative estimate of drug-likeness (QED) is 0.923. The molecule has 2 aromatic rings. The summed E-state index contributed by atoms with van der Waals surface area (Å²) in [4.78, 5) is 8.70. The van der Waals surface area contributed by atoms with Gasteiger partial charge in [-0.1, -0.05) is 6.92 Å². The van der Waals surface area contributed by atoms with Gasteiger partial charge in [-0.2, -0.15) is 0 Å². The number of aromatic nitrogens is 2. The van der Waals surface area contributed by atoms with Gasteiger partial charge in [0.1, 0.15) is 11.6 Å². The zero-order valence-corrected chi connectivity index (χ0v) is 11.8. The number of nitrogens with zero attached hydrogens (tertiary/aromatic N) is 2. The molecule has 1 aromatic carbocycles. The van der Waals surface area contributed by atoms with E-state index in [1.165, 1.54) is 6.07 Å². The van der Waals surface area contributed by atoms with E-state index in [1.54, 1.807) is 12.1 Å². The van der Waals surface area contributed by atoms with E-state index in [4.69, 9.17) is 5.73 Å². The van der Waals surface area contributed by atoms with Gasteiger partial charge in [-0.25, -0.2) is 14.4 Å². The van der Waals surface area contributed by atoms with E-state index in [0.717, 1.165) is 23.2 Å². The third-order valence-electron chi connectivity index (χ3n) is 2.80. The molecule has 0 unspecified atom stereocenters. The second-order valence-corrected chi connectivity index (χ2v) is 4.84. The Labute approximate surface area is 113 Å². The Morgan fingerprint density at radius 2 is 2.06 bits per heavy atom. The van der Waals surface area contributed by atoms with Crippen molar-refractivity contribution in [1.82, 2.24) is 9.97 Å². The van der Waals surface area contributed by atoms with Crippen molar-refractivity contribution in [3.05, 3.63) is 39.7 Å². The normalized spacial score (nSPS) is 10.7. The molecule has 2 rings (SSSR count). The Kier molecular flexibility index (Phi) is 3.61. The summed E-state index contributed by atoms with van der Waals surface area (Å²) in [5.41, 5.74) is 8.43. The molecule has 0 amide bonds. The van der Waals surface area contributed by atoms with Crippen LogP contribution in [0.1, 0.15) is 18.2 Å². The zero-order chi connectivity index (χ0) is 13.3. The van der Waals surface area contributed by atoms with E-state index in [0.29, 0.717) is 16.1 Å². The van der Waals surface area contributed by atoms with Crippen LogP contribution < -0.4 is 5.73 Å². The summed E-state index contributed by atoms with van der Waals surface area (Å²) in [5, 5.41) is 0. The van der Waals surface area contributed by atoms with Gasteiger partial charge < -0.3 is 5.73 Å². The Morgan fingerprint density at radius 3 is 2.67 bits per heavy atom. The third-order valence-corrected chi connectivity index (χ3v) is 3.40. The second-order valence-electron chi connectivity index (χ2n) is 3.99. The Hall–Kier alpha value is -1.49. The molecular formula is C13H13BrFN3. The van der Waals surface area contributed by atoms with Gasteiger partial charge in [-0.05, 0) is 47.5 Å². The molecule has 18 heavy (non-hydrogen) atoms. The maximum absolute atomic E-state index is 13.2. The number of halogens is 2. The van der Waals surface area contributed by atoms with Crippen LogP contribution in [-0.2, 0) is 6.42 Å². The van der Waals surface area contributed by atoms with Crippen molar-refractivity contribution in [2.45, 2.75) is 20.3 Å². The standard InChI is InChI=1S/C13H13BrFN3/c1-3-11-7(2)12(16)18-13(17-11)8-4-5-10(15)9(14)6-8/h4-6H,3H2,1-2H3,(H2,16,17,18). The Balaban J connectivity index is 2.57. The molecule has 0 aliphatic heterocycles. The fraction of sp³-hybridized carbons (Fsp3) is 0.231. The number of hydrogen-bond donors (Lipinski definition) is 1. The van der Waals surface area contributed by atoms with Crippen LogP contribution in [0.25, 0.3) is 11.4 Å². The van der Waals surface area contributed by atoms with Gasteiger partial charge in [0.05, 0.1) is 4.47 Å². The molecule has 1 aromatic heterocycles. The molecule has 0 atom stereocenters. The zero-order valence-electron chi connectivity index (χ0n) is 10.2.